The molecule has 1 aliphatic carbocycles. The standard InChI is InChI=1S/C12H24N4O/c1-13-11(17)15-12(4-2-3-5-12)10-16-8-6-14-7-9-16/h14H,2-10H2,1H3,(H2,13,15,17). The number of nitrogens with one attached hydrogen (secondary N) is 3. The molecular weight excluding hydrogens is 216 g/mol. The molecule has 2 fully saturated rings. The number of piperazine rings is 1. The second kappa shape index (κ2) is 5.69. The monoisotopic (exact) mass is 240 g/mol. The highest BCUT2D eigenvalue weighted by molar-refractivity contribution is 5.74. The molecule has 0 unspecified atom stereocenters. The van der Waals surface area contributed by atoms with Gasteiger partial charge in [-0.25, -0.2) is 4.79 Å². The van der Waals surface area contributed by atoms with Gasteiger partial charge in [-0.3, -0.25) is 4.90 Å². The van der Waals surface area contributed by atoms with E-state index in [0.717, 1.165) is 45.6 Å². The molecule has 2 aliphatic rings. The molecule has 0 atom stereocenters. The van der Waals surface area contributed by atoms with Crippen molar-refractivity contribution in [1.29, 1.82) is 0 Å². The third-order valence-electron chi connectivity index (χ3n) is 3.90. The van der Waals surface area contributed by atoms with Gasteiger partial charge in [-0.1, -0.05) is 12.8 Å². The minimum atomic E-state index is -0.0398. The number of rotatable bonds is 3. The topological polar surface area (TPSA) is 56.4 Å². The van der Waals surface area contributed by atoms with E-state index in [1.807, 2.05) is 0 Å². The first-order chi connectivity index (χ1) is 8.24. The summed E-state index contributed by atoms with van der Waals surface area (Å²) >= 11 is 0. The van der Waals surface area contributed by atoms with Gasteiger partial charge in [0.1, 0.15) is 0 Å². The van der Waals surface area contributed by atoms with Gasteiger partial charge in [-0.2, -0.15) is 0 Å². The summed E-state index contributed by atoms with van der Waals surface area (Å²) in [5, 5.41) is 9.21. The SMILES string of the molecule is CNC(=O)NC1(CN2CCNCC2)CCCC1. The lowest BCUT2D eigenvalue weighted by Crippen LogP contribution is -2.58. The maximum Gasteiger partial charge on any atom is 0.315 e. The molecule has 2 rings (SSSR count). The number of carbonyl (C=O) groups excluding carboxylic acids is 1. The summed E-state index contributed by atoms with van der Waals surface area (Å²) in [5.41, 5.74) is 0.0113. The molecule has 1 aliphatic heterocycles. The molecule has 0 aromatic carbocycles. The molecule has 0 radical (unpaired) electrons. The van der Waals surface area contributed by atoms with E-state index in [4.69, 9.17) is 0 Å². The highest BCUT2D eigenvalue weighted by Gasteiger charge is 2.36. The summed E-state index contributed by atoms with van der Waals surface area (Å²) in [5.74, 6) is 0. The van der Waals surface area contributed by atoms with Crippen LogP contribution in [0.2, 0.25) is 0 Å². The van der Waals surface area contributed by atoms with Crippen LogP contribution in [0.15, 0.2) is 0 Å². The lowest BCUT2D eigenvalue weighted by Gasteiger charge is -2.37. The van der Waals surface area contributed by atoms with Crippen molar-refractivity contribution in [3.8, 4) is 0 Å². The zero-order valence-corrected chi connectivity index (χ0v) is 10.7. The fraction of sp³-hybridized carbons (Fsp3) is 0.917. The number of nitrogens with zero attached hydrogens (tertiary/aromatic N) is 1. The van der Waals surface area contributed by atoms with Gasteiger partial charge in [0.15, 0.2) is 0 Å². The van der Waals surface area contributed by atoms with E-state index in [0.29, 0.717) is 0 Å². The van der Waals surface area contributed by atoms with Gasteiger partial charge in [0, 0.05) is 39.8 Å². The molecule has 2 amide bonds. The summed E-state index contributed by atoms with van der Waals surface area (Å²) in [7, 11) is 1.68. The Morgan fingerprint density at radius 3 is 2.53 bits per heavy atom. The van der Waals surface area contributed by atoms with Crippen LogP contribution in [0, 0.1) is 0 Å². The zero-order valence-electron chi connectivity index (χ0n) is 10.7. The zero-order chi connectivity index (χ0) is 12.1. The molecule has 17 heavy (non-hydrogen) atoms. The fourth-order valence-electron chi connectivity index (χ4n) is 2.98. The normalized spacial score (nSPS) is 24.5. The van der Waals surface area contributed by atoms with Crippen molar-refractivity contribution in [2.24, 2.45) is 0 Å². The third-order valence-corrected chi connectivity index (χ3v) is 3.90. The van der Waals surface area contributed by atoms with Crippen molar-refractivity contribution in [1.82, 2.24) is 20.9 Å². The van der Waals surface area contributed by atoms with E-state index in [-0.39, 0.29) is 11.6 Å². The molecule has 0 spiro atoms. The van der Waals surface area contributed by atoms with E-state index in [1.165, 1.54) is 12.8 Å². The minimum absolute atomic E-state index is 0.0113. The third kappa shape index (κ3) is 3.33. The molecule has 1 heterocycles. The van der Waals surface area contributed by atoms with Crippen molar-refractivity contribution in [3.63, 3.8) is 0 Å². The van der Waals surface area contributed by atoms with Crippen LogP contribution in [0.1, 0.15) is 25.7 Å². The quantitative estimate of drug-likeness (QED) is 0.657. The second-order valence-electron chi connectivity index (χ2n) is 5.22. The van der Waals surface area contributed by atoms with Crippen LogP contribution in [0.25, 0.3) is 0 Å². The Hall–Kier alpha value is -0.810. The van der Waals surface area contributed by atoms with Crippen LogP contribution in [0.4, 0.5) is 4.79 Å². The molecule has 5 heteroatoms. The van der Waals surface area contributed by atoms with Crippen LogP contribution >= 0.6 is 0 Å². The predicted octanol–water partition coefficient (Wildman–Crippen LogP) is 0.133. The first-order valence-corrected chi connectivity index (χ1v) is 6.67. The van der Waals surface area contributed by atoms with Gasteiger partial charge in [0.05, 0.1) is 5.54 Å². The number of hydrogen-bond donors (Lipinski definition) is 3. The van der Waals surface area contributed by atoms with Gasteiger partial charge < -0.3 is 16.0 Å². The minimum Gasteiger partial charge on any atom is -0.341 e. The van der Waals surface area contributed by atoms with Crippen LogP contribution in [-0.4, -0.2) is 56.2 Å². The molecule has 5 nitrogen and oxygen atoms in total. The Morgan fingerprint density at radius 2 is 1.94 bits per heavy atom. The van der Waals surface area contributed by atoms with Crippen molar-refractivity contribution in [2.75, 3.05) is 39.8 Å². The Labute approximate surface area is 103 Å². The number of carbonyl (C=O) groups is 1. The maximum absolute atomic E-state index is 11.6. The van der Waals surface area contributed by atoms with Gasteiger partial charge in [0.25, 0.3) is 0 Å². The summed E-state index contributed by atoms with van der Waals surface area (Å²) in [6, 6.07) is -0.0398. The number of urea groups is 1. The molecule has 0 aromatic heterocycles. The van der Waals surface area contributed by atoms with Gasteiger partial charge in [-0.05, 0) is 12.8 Å². The van der Waals surface area contributed by atoms with Crippen LogP contribution in [-0.2, 0) is 0 Å². The van der Waals surface area contributed by atoms with Gasteiger partial charge in [0.2, 0.25) is 0 Å². The smallest absolute Gasteiger partial charge is 0.315 e. The maximum atomic E-state index is 11.6. The van der Waals surface area contributed by atoms with Crippen LogP contribution < -0.4 is 16.0 Å². The largest absolute Gasteiger partial charge is 0.341 e. The second-order valence-corrected chi connectivity index (χ2v) is 5.22. The van der Waals surface area contributed by atoms with E-state index >= 15 is 0 Å². The van der Waals surface area contributed by atoms with Crippen LogP contribution in [0.5, 0.6) is 0 Å². The van der Waals surface area contributed by atoms with Crippen molar-refractivity contribution in [3.05, 3.63) is 0 Å². The molecule has 1 saturated heterocycles. The highest BCUT2D eigenvalue weighted by Crippen LogP contribution is 2.30. The Balaban J connectivity index is 1.93. The lowest BCUT2D eigenvalue weighted by molar-refractivity contribution is 0.163. The first kappa shape index (κ1) is 12.6. The van der Waals surface area contributed by atoms with E-state index in [1.54, 1.807) is 7.05 Å². The average Bonchev–Trinajstić information content (AvgIpc) is 2.78. The molecule has 0 aromatic rings. The van der Waals surface area contributed by atoms with Crippen molar-refractivity contribution >= 4 is 6.03 Å². The van der Waals surface area contributed by atoms with Crippen LogP contribution in [0.3, 0.4) is 0 Å². The van der Waals surface area contributed by atoms with E-state index in [2.05, 4.69) is 20.9 Å². The Morgan fingerprint density at radius 1 is 1.29 bits per heavy atom. The summed E-state index contributed by atoms with van der Waals surface area (Å²) in [6.07, 6.45) is 4.70. The number of hydrogen-bond acceptors (Lipinski definition) is 3. The van der Waals surface area contributed by atoms with E-state index < -0.39 is 0 Å². The van der Waals surface area contributed by atoms with Crippen molar-refractivity contribution < 1.29 is 4.79 Å². The van der Waals surface area contributed by atoms with E-state index in [9.17, 15) is 4.79 Å². The molecule has 3 N–H and O–H groups in total. The Bertz CT molecular complexity index is 257. The highest BCUT2D eigenvalue weighted by atomic mass is 16.2. The summed E-state index contributed by atoms with van der Waals surface area (Å²) in [4.78, 5) is 14.0. The van der Waals surface area contributed by atoms with Gasteiger partial charge in [-0.15, -0.1) is 0 Å². The lowest BCUT2D eigenvalue weighted by atomic mass is 9.96. The van der Waals surface area contributed by atoms with Gasteiger partial charge >= 0.3 is 6.03 Å². The molecular formula is C12H24N4O. The predicted molar refractivity (Wildman–Crippen MR) is 68.1 cm³/mol. The molecule has 0 bridgehead atoms. The fourth-order valence-corrected chi connectivity index (χ4v) is 2.98. The number of amides is 2. The summed E-state index contributed by atoms with van der Waals surface area (Å²) < 4.78 is 0. The van der Waals surface area contributed by atoms with Crippen molar-refractivity contribution in [2.45, 2.75) is 31.2 Å². The Kier molecular flexibility index (Phi) is 4.23. The molecule has 98 valence electrons. The molecule has 1 saturated carbocycles. The first-order valence-electron chi connectivity index (χ1n) is 6.67. The summed E-state index contributed by atoms with van der Waals surface area (Å²) in [6.45, 7) is 5.32. The average molecular weight is 240 g/mol.